The number of pyridine rings is 1. The number of rotatable bonds is 0. The Bertz CT molecular complexity index is 872. The average molecular weight is 229 g/mol. The highest BCUT2D eigenvalue weighted by molar-refractivity contribution is 6.11. The van der Waals surface area contributed by atoms with Crippen LogP contribution in [-0.2, 0) is 0 Å². The number of benzene rings is 3. The van der Waals surface area contributed by atoms with E-state index in [2.05, 4.69) is 59.6 Å². The van der Waals surface area contributed by atoms with Crippen LogP contribution in [0.15, 0.2) is 66.9 Å². The summed E-state index contributed by atoms with van der Waals surface area (Å²) in [7, 11) is 0. The molecule has 0 atom stereocenters. The molecule has 4 aromatic rings. The zero-order valence-electron chi connectivity index (χ0n) is 9.80. The molecule has 0 bridgehead atoms. The van der Waals surface area contributed by atoms with E-state index < -0.39 is 0 Å². The maximum Gasteiger partial charge on any atom is 0.0708 e. The molecule has 1 heterocycles. The topological polar surface area (TPSA) is 12.9 Å². The minimum atomic E-state index is 1.06. The van der Waals surface area contributed by atoms with Gasteiger partial charge in [0, 0.05) is 11.6 Å². The molecule has 1 nitrogen and oxygen atoms in total. The Labute approximate surface area is 105 Å². The van der Waals surface area contributed by atoms with Crippen molar-refractivity contribution in [1.82, 2.24) is 4.98 Å². The molecule has 1 heteroatoms. The minimum Gasteiger partial charge on any atom is -0.256 e. The quantitative estimate of drug-likeness (QED) is 0.318. The van der Waals surface area contributed by atoms with Crippen LogP contribution in [0.4, 0.5) is 0 Å². The van der Waals surface area contributed by atoms with Crippen molar-refractivity contribution in [2.24, 2.45) is 0 Å². The molecular weight excluding hydrogens is 218 g/mol. The first-order valence-corrected chi connectivity index (χ1v) is 6.08. The Hall–Kier alpha value is -2.41. The van der Waals surface area contributed by atoms with Crippen LogP contribution >= 0.6 is 0 Å². The fraction of sp³-hybridized carbons (Fsp3) is 0. The summed E-state index contributed by atoms with van der Waals surface area (Å²) in [6.45, 7) is 0. The molecule has 0 saturated heterocycles. The fourth-order valence-electron chi connectivity index (χ4n) is 2.58. The van der Waals surface area contributed by atoms with Gasteiger partial charge in [-0.3, -0.25) is 4.98 Å². The second-order valence-corrected chi connectivity index (χ2v) is 4.56. The summed E-state index contributed by atoms with van der Waals surface area (Å²) < 4.78 is 0. The maximum atomic E-state index is 4.41. The maximum absolute atomic E-state index is 4.41. The van der Waals surface area contributed by atoms with E-state index in [1.54, 1.807) is 0 Å². The number of hydrogen-bond acceptors (Lipinski definition) is 1. The van der Waals surface area contributed by atoms with Gasteiger partial charge in [-0.05, 0) is 45.8 Å². The Morgan fingerprint density at radius 3 is 2.33 bits per heavy atom. The van der Waals surface area contributed by atoms with Crippen LogP contribution < -0.4 is 0 Å². The molecule has 0 aliphatic heterocycles. The van der Waals surface area contributed by atoms with E-state index in [-0.39, 0.29) is 0 Å². The lowest BCUT2D eigenvalue weighted by molar-refractivity contribution is 1.42. The summed E-state index contributed by atoms with van der Waals surface area (Å²) in [6, 6.07) is 21.4. The Morgan fingerprint density at radius 1 is 0.611 bits per heavy atom. The lowest BCUT2D eigenvalue weighted by Crippen LogP contribution is -1.81. The molecule has 0 aliphatic rings. The number of fused-ring (bicyclic) bond motifs is 4. The summed E-state index contributed by atoms with van der Waals surface area (Å²) in [4.78, 5) is 4.41. The van der Waals surface area contributed by atoms with E-state index in [1.807, 2.05) is 12.3 Å². The van der Waals surface area contributed by atoms with Gasteiger partial charge in [-0.15, -0.1) is 0 Å². The Balaban J connectivity index is 2.27. The van der Waals surface area contributed by atoms with Crippen LogP contribution in [0.2, 0.25) is 0 Å². The zero-order chi connectivity index (χ0) is 11.9. The summed E-state index contributed by atoms with van der Waals surface area (Å²) in [5.41, 5.74) is 1.06. The van der Waals surface area contributed by atoms with Crippen molar-refractivity contribution >= 4 is 32.4 Å². The second-order valence-electron chi connectivity index (χ2n) is 4.56. The van der Waals surface area contributed by atoms with Gasteiger partial charge in [-0.1, -0.05) is 36.4 Å². The van der Waals surface area contributed by atoms with Crippen LogP contribution in [0.1, 0.15) is 0 Å². The van der Waals surface area contributed by atoms with Gasteiger partial charge in [-0.25, -0.2) is 0 Å². The van der Waals surface area contributed by atoms with E-state index in [4.69, 9.17) is 0 Å². The van der Waals surface area contributed by atoms with Crippen molar-refractivity contribution in [2.75, 3.05) is 0 Å². The number of aromatic nitrogens is 1. The van der Waals surface area contributed by atoms with Gasteiger partial charge in [0.1, 0.15) is 0 Å². The molecule has 3 aromatic carbocycles. The van der Waals surface area contributed by atoms with Gasteiger partial charge in [0.2, 0.25) is 0 Å². The van der Waals surface area contributed by atoms with Crippen LogP contribution in [0.25, 0.3) is 32.4 Å². The van der Waals surface area contributed by atoms with Gasteiger partial charge in [-0.2, -0.15) is 0 Å². The molecule has 4 rings (SSSR count). The minimum absolute atomic E-state index is 1.06. The SMILES string of the molecule is c1ccc2cc3c(ccc4ncccc43)cc2c1. The molecular formula is C17H11N. The summed E-state index contributed by atoms with van der Waals surface area (Å²) in [5.74, 6) is 0. The highest BCUT2D eigenvalue weighted by Crippen LogP contribution is 2.28. The van der Waals surface area contributed by atoms with Gasteiger partial charge >= 0.3 is 0 Å². The van der Waals surface area contributed by atoms with Crippen LogP contribution in [0.3, 0.4) is 0 Å². The predicted octanol–water partition coefficient (Wildman–Crippen LogP) is 4.54. The van der Waals surface area contributed by atoms with Crippen molar-refractivity contribution in [3.63, 3.8) is 0 Å². The molecule has 0 unspecified atom stereocenters. The normalized spacial score (nSPS) is 11.3. The average Bonchev–Trinajstić information content (AvgIpc) is 2.45. The Morgan fingerprint density at radius 2 is 1.44 bits per heavy atom. The molecule has 84 valence electrons. The molecule has 0 radical (unpaired) electrons. The molecule has 1 aromatic heterocycles. The first-order valence-electron chi connectivity index (χ1n) is 6.08. The summed E-state index contributed by atoms with van der Waals surface area (Å²) in [5, 5.41) is 6.34. The molecule has 0 spiro atoms. The lowest BCUT2D eigenvalue weighted by atomic mass is 10.0. The van der Waals surface area contributed by atoms with E-state index in [0.717, 1.165) is 5.52 Å². The lowest BCUT2D eigenvalue weighted by Gasteiger charge is -2.05. The molecule has 18 heavy (non-hydrogen) atoms. The van der Waals surface area contributed by atoms with Gasteiger partial charge < -0.3 is 0 Å². The van der Waals surface area contributed by atoms with Crippen molar-refractivity contribution < 1.29 is 0 Å². The van der Waals surface area contributed by atoms with Crippen molar-refractivity contribution in [1.29, 1.82) is 0 Å². The monoisotopic (exact) mass is 229 g/mol. The highest BCUT2D eigenvalue weighted by atomic mass is 14.6. The number of hydrogen-bond donors (Lipinski definition) is 0. The van der Waals surface area contributed by atoms with Crippen molar-refractivity contribution in [3.05, 3.63) is 66.9 Å². The second kappa shape index (κ2) is 3.54. The first-order chi connectivity index (χ1) is 8.92. The Kier molecular flexibility index (Phi) is 1.89. The van der Waals surface area contributed by atoms with Crippen LogP contribution in [0, 0.1) is 0 Å². The molecule has 0 fully saturated rings. The van der Waals surface area contributed by atoms with E-state index in [1.165, 1.54) is 26.9 Å². The zero-order valence-corrected chi connectivity index (χ0v) is 9.80. The standard InChI is InChI=1S/C17H11N/c1-2-5-13-11-16-14(10-12(13)4-1)7-8-17-15(16)6-3-9-18-17/h1-11H. The summed E-state index contributed by atoms with van der Waals surface area (Å²) in [6.07, 6.45) is 1.84. The van der Waals surface area contributed by atoms with E-state index in [0.29, 0.717) is 0 Å². The molecule has 0 N–H and O–H groups in total. The van der Waals surface area contributed by atoms with Gasteiger partial charge in [0.05, 0.1) is 5.52 Å². The molecule has 0 saturated carbocycles. The van der Waals surface area contributed by atoms with Gasteiger partial charge in [0.15, 0.2) is 0 Å². The van der Waals surface area contributed by atoms with E-state index in [9.17, 15) is 0 Å². The predicted molar refractivity (Wildman–Crippen MR) is 76.8 cm³/mol. The largest absolute Gasteiger partial charge is 0.256 e. The summed E-state index contributed by atoms with van der Waals surface area (Å²) >= 11 is 0. The van der Waals surface area contributed by atoms with Gasteiger partial charge in [0.25, 0.3) is 0 Å². The fourth-order valence-corrected chi connectivity index (χ4v) is 2.58. The third-order valence-corrected chi connectivity index (χ3v) is 3.47. The smallest absolute Gasteiger partial charge is 0.0708 e. The molecule has 0 amide bonds. The first kappa shape index (κ1) is 9.60. The third-order valence-electron chi connectivity index (χ3n) is 3.47. The molecule has 0 aliphatic carbocycles. The van der Waals surface area contributed by atoms with E-state index >= 15 is 0 Å². The van der Waals surface area contributed by atoms with Crippen molar-refractivity contribution in [3.8, 4) is 0 Å². The number of nitrogens with zero attached hydrogens (tertiary/aromatic N) is 1. The highest BCUT2D eigenvalue weighted by Gasteiger charge is 2.02. The van der Waals surface area contributed by atoms with Crippen molar-refractivity contribution in [2.45, 2.75) is 0 Å². The van der Waals surface area contributed by atoms with Crippen LogP contribution in [0.5, 0.6) is 0 Å². The third kappa shape index (κ3) is 1.31. The van der Waals surface area contributed by atoms with Crippen LogP contribution in [-0.4, -0.2) is 4.98 Å².